The number of hydrogen-bond donors (Lipinski definition) is 1. The van der Waals surface area contributed by atoms with Crippen molar-refractivity contribution in [2.24, 2.45) is 7.05 Å². The molecule has 0 atom stereocenters. The summed E-state index contributed by atoms with van der Waals surface area (Å²) < 4.78 is 42.7. The summed E-state index contributed by atoms with van der Waals surface area (Å²) >= 11 is 0. The topological polar surface area (TPSA) is 53.4 Å². The van der Waals surface area contributed by atoms with Crippen LogP contribution >= 0.6 is 0 Å². The summed E-state index contributed by atoms with van der Waals surface area (Å²) in [5, 5.41) is 7.09. The van der Waals surface area contributed by atoms with Gasteiger partial charge in [-0.3, -0.25) is 9.48 Å². The minimum Gasteiger partial charge on any atom is -0.368 e. The first-order valence-corrected chi connectivity index (χ1v) is 10.2. The highest BCUT2D eigenvalue weighted by Gasteiger charge is 2.35. The van der Waals surface area contributed by atoms with E-state index in [1.54, 1.807) is 24.1 Å². The Morgan fingerprint density at radius 2 is 1.83 bits per heavy atom. The molecule has 2 aromatic rings. The van der Waals surface area contributed by atoms with E-state index in [1.807, 2.05) is 7.05 Å². The monoisotopic (exact) mass is 421 g/mol. The van der Waals surface area contributed by atoms with E-state index in [-0.39, 0.29) is 18.1 Å². The van der Waals surface area contributed by atoms with Crippen LogP contribution in [0.25, 0.3) is 0 Å². The Morgan fingerprint density at radius 3 is 2.47 bits per heavy atom. The summed E-state index contributed by atoms with van der Waals surface area (Å²) in [4.78, 5) is 16.4. The van der Waals surface area contributed by atoms with Gasteiger partial charge in [0.15, 0.2) is 0 Å². The molecule has 2 aliphatic rings. The van der Waals surface area contributed by atoms with E-state index in [1.165, 1.54) is 10.7 Å². The van der Waals surface area contributed by atoms with Crippen LogP contribution in [0.1, 0.15) is 46.1 Å². The van der Waals surface area contributed by atoms with Gasteiger partial charge in [-0.1, -0.05) is 6.07 Å². The summed E-state index contributed by atoms with van der Waals surface area (Å²) in [5.41, 5.74) is 1.28. The molecule has 2 heterocycles. The lowest BCUT2D eigenvalue weighted by atomic mass is 10.1. The second-order valence-electron chi connectivity index (χ2n) is 8.17. The number of nitrogens with one attached hydrogen (secondary N) is 1. The van der Waals surface area contributed by atoms with Crippen molar-refractivity contribution in [3.8, 4) is 0 Å². The molecule has 1 aromatic carbocycles. The van der Waals surface area contributed by atoms with E-state index in [0.717, 1.165) is 37.7 Å². The van der Waals surface area contributed by atoms with Gasteiger partial charge in [0.1, 0.15) is 5.69 Å². The molecular formula is C21H26F3N5O. The predicted molar refractivity (Wildman–Crippen MR) is 108 cm³/mol. The molecule has 1 saturated carbocycles. The molecule has 4 rings (SSSR count). The Hall–Kier alpha value is -2.55. The first-order chi connectivity index (χ1) is 14.2. The quantitative estimate of drug-likeness (QED) is 0.807. The smallest absolute Gasteiger partial charge is 0.368 e. The number of aryl methyl sites for hydroxylation is 1. The lowest BCUT2D eigenvalue weighted by Gasteiger charge is -2.35. The number of nitrogens with zero attached hydrogens (tertiary/aromatic N) is 4. The number of carbonyl (C=O) groups excluding carboxylic acids is 1. The molecule has 162 valence electrons. The van der Waals surface area contributed by atoms with Crippen molar-refractivity contribution in [1.82, 2.24) is 20.0 Å². The normalized spacial score (nSPS) is 18.0. The van der Waals surface area contributed by atoms with Crippen molar-refractivity contribution in [3.63, 3.8) is 0 Å². The van der Waals surface area contributed by atoms with Crippen LogP contribution in [0.4, 0.5) is 18.9 Å². The second-order valence-corrected chi connectivity index (χ2v) is 8.17. The van der Waals surface area contributed by atoms with Gasteiger partial charge in [0.05, 0.1) is 11.3 Å². The molecule has 0 bridgehead atoms. The van der Waals surface area contributed by atoms with Crippen molar-refractivity contribution in [1.29, 1.82) is 0 Å². The lowest BCUT2D eigenvalue weighted by Crippen LogP contribution is -2.45. The number of benzene rings is 1. The van der Waals surface area contributed by atoms with Crippen LogP contribution in [0.5, 0.6) is 0 Å². The minimum absolute atomic E-state index is 0.0227. The number of carbonyl (C=O) groups is 1. The van der Waals surface area contributed by atoms with Crippen molar-refractivity contribution in [2.45, 2.75) is 31.5 Å². The average molecular weight is 421 g/mol. The number of alkyl halides is 3. The molecule has 0 radical (unpaired) electrons. The minimum atomic E-state index is -4.46. The van der Waals surface area contributed by atoms with E-state index in [0.29, 0.717) is 30.3 Å². The SMILES string of the molecule is CN1CCN(c2ccc(CNC(=O)c3cc(C4CC4)nn3C)cc2C(F)(F)F)CC1. The molecular weight excluding hydrogens is 395 g/mol. The summed E-state index contributed by atoms with van der Waals surface area (Å²) in [6.45, 7) is 2.58. The average Bonchev–Trinajstić information content (AvgIpc) is 3.48. The highest BCUT2D eigenvalue weighted by molar-refractivity contribution is 5.92. The predicted octanol–water partition coefficient (Wildman–Crippen LogP) is 3.00. The van der Waals surface area contributed by atoms with Gasteiger partial charge in [-0.25, -0.2) is 0 Å². The van der Waals surface area contributed by atoms with Crippen molar-refractivity contribution in [3.05, 3.63) is 46.8 Å². The molecule has 0 unspecified atom stereocenters. The molecule has 1 aliphatic carbocycles. The van der Waals surface area contributed by atoms with Crippen LogP contribution in [-0.4, -0.2) is 53.8 Å². The fraction of sp³-hybridized carbons (Fsp3) is 0.524. The largest absolute Gasteiger partial charge is 0.418 e. The summed E-state index contributed by atoms with van der Waals surface area (Å²) in [7, 11) is 3.66. The summed E-state index contributed by atoms with van der Waals surface area (Å²) in [6, 6.07) is 6.09. The van der Waals surface area contributed by atoms with Crippen LogP contribution in [0.3, 0.4) is 0 Å². The van der Waals surface area contributed by atoms with Gasteiger partial charge in [0, 0.05) is 51.4 Å². The van der Waals surface area contributed by atoms with Gasteiger partial charge in [-0.15, -0.1) is 0 Å². The molecule has 6 nitrogen and oxygen atoms in total. The molecule has 1 saturated heterocycles. The molecule has 9 heteroatoms. The summed E-state index contributed by atoms with van der Waals surface area (Å²) in [6.07, 6.45) is -2.30. The first kappa shape index (κ1) is 20.7. The van der Waals surface area contributed by atoms with Gasteiger partial charge in [-0.05, 0) is 43.7 Å². The number of anilines is 1. The molecule has 1 aromatic heterocycles. The Morgan fingerprint density at radius 1 is 1.13 bits per heavy atom. The zero-order valence-corrected chi connectivity index (χ0v) is 17.2. The maximum atomic E-state index is 13.7. The molecule has 1 N–H and O–H groups in total. The van der Waals surface area contributed by atoms with E-state index >= 15 is 0 Å². The third-order valence-corrected chi connectivity index (χ3v) is 5.79. The number of piperazine rings is 1. The van der Waals surface area contributed by atoms with Crippen LogP contribution in [0, 0.1) is 0 Å². The fourth-order valence-electron chi connectivity index (χ4n) is 3.80. The van der Waals surface area contributed by atoms with Gasteiger partial charge in [0.2, 0.25) is 0 Å². The van der Waals surface area contributed by atoms with E-state index in [9.17, 15) is 18.0 Å². The number of hydrogen-bond acceptors (Lipinski definition) is 4. The molecule has 2 fully saturated rings. The third kappa shape index (κ3) is 4.45. The zero-order valence-electron chi connectivity index (χ0n) is 17.2. The van der Waals surface area contributed by atoms with Gasteiger partial charge in [0.25, 0.3) is 5.91 Å². The Bertz CT molecular complexity index is 927. The highest BCUT2D eigenvalue weighted by atomic mass is 19.4. The van der Waals surface area contributed by atoms with E-state index in [4.69, 9.17) is 0 Å². The first-order valence-electron chi connectivity index (χ1n) is 10.2. The molecule has 0 spiro atoms. The standard InChI is InChI=1S/C21H26F3N5O/c1-27-7-9-29(10-8-27)18-6-3-14(11-16(18)21(22,23)24)13-25-20(30)19-12-17(15-4-5-15)26-28(19)2/h3,6,11-12,15H,4-5,7-10,13H2,1-2H3,(H,25,30). The number of halogens is 3. The number of aromatic nitrogens is 2. The number of amides is 1. The van der Waals surface area contributed by atoms with E-state index < -0.39 is 11.7 Å². The second kappa shape index (κ2) is 7.94. The van der Waals surface area contributed by atoms with Crippen LogP contribution < -0.4 is 10.2 Å². The molecule has 1 aliphatic heterocycles. The van der Waals surface area contributed by atoms with Crippen LogP contribution in [0.2, 0.25) is 0 Å². The van der Waals surface area contributed by atoms with Crippen LogP contribution in [-0.2, 0) is 19.8 Å². The van der Waals surface area contributed by atoms with E-state index in [2.05, 4.69) is 15.3 Å². The molecule has 30 heavy (non-hydrogen) atoms. The van der Waals surface area contributed by atoms with Crippen LogP contribution in [0.15, 0.2) is 24.3 Å². The fourth-order valence-corrected chi connectivity index (χ4v) is 3.80. The summed E-state index contributed by atoms with van der Waals surface area (Å²) in [5.74, 6) is 0.0859. The Labute approximate surface area is 173 Å². The van der Waals surface area contributed by atoms with Gasteiger partial charge in [-0.2, -0.15) is 18.3 Å². The molecule has 1 amide bonds. The zero-order chi connectivity index (χ0) is 21.5. The number of likely N-dealkylation sites (N-methyl/N-ethyl adjacent to an activating group) is 1. The third-order valence-electron chi connectivity index (χ3n) is 5.79. The maximum Gasteiger partial charge on any atom is 0.418 e. The lowest BCUT2D eigenvalue weighted by molar-refractivity contribution is -0.137. The van der Waals surface area contributed by atoms with Crippen molar-refractivity contribution < 1.29 is 18.0 Å². The Balaban J connectivity index is 1.48. The van der Waals surface area contributed by atoms with Gasteiger partial charge < -0.3 is 15.1 Å². The van der Waals surface area contributed by atoms with Gasteiger partial charge >= 0.3 is 6.18 Å². The Kier molecular flexibility index (Phi) is 5.48. The maximum absolute atomic E-state index is 13.7. The number of rotatable bonds is 5. The van der Waals surface area contributed by atoms with Crippen molar-refractivity contribution >= 4 is 11.6 Å². The van der Waals surface area contributed by atoms with Crippen molar-refractivity contribution in [2.75, 3.05) is 38.1 Å². The highest BCUT2D eigenvalue weighted by Crippen LogP contribution is 2.39.